The Morgan fingerprint density at radius 1 is 1.06 bits per heavy atom. The molecule has 0 heterocycles. The minimum Gasteiger partial charge on any atom is -0.415 e. The molecule has 0 N–H and O–H groups in total. The van der Waals surface area contributed by atoms with Gasteiger partial charge in [0.25, 0.3) is 0 Å². The van der Waals surface area contributed by atoms with E-state index in [1.54, 1.807) is 0 Å². The van der Waals surface area contributed by atoms with E-state index in [0.717, 1.165) is 57.8 Å². The first-order chi connectivity index (χ1) is 16.9. The Kier molecular flexibility index (Phi) is 8.22. The molecular formula is C31H47F3OSi. The molecule has 4 rings (SSSR count). The standard InChI is InChI=1S/C31H47F3OSi/c1-6-29-21-18-24-14-10-11-15-25(24)26(29)19-22-30(20-12-17-27(29)30)28(31(32,33)34)16-9-7-8-13-23(2)35-36(3,4)5/h6,10-11,14-15,23,26-28H,1,7-9,12-13,16-22H2,2-5H3/t23?,26-,27+,28?,29-,30-/m1/s1. The van der Waals surface area contributed by atoms with E-state index in [0.29, 0.717) is 18.8 Å². The van der Waals surface area contributed by atoms with Crippen LogP contribution in [0.3, 0.4) is 0 Å². The number of halogens is 3. The Morgan fingerprint density at radius 3 is 2.47 bits per heavy atom. The maximum atomic E-state index is 14.8. The first-order valence-electron chi connectivity index (χ1n) is 14.4. The molecule has 0 amide bonds. The number of hydrogen-bond acceptors (Lipinski definition) is 1. The molecule has 5 heteroatoms. The van der Waals surface area contributed by atoms with Crippen LogP contribution in [-0.2, 0) is 10.8 Å². The van der Waals surface area contributed by atoms with Gasteiger partial charge in [-0.2, -0.15) is 13.2 Å². The lowest BCUT2D eigenvalue weighted by Crippen LogP contribution is -2.54. The van der Waals surface area contributed by atoms with E-state index in [1.165, 1.54) is 11.1 Å². The molecule has 0 bridgehead atoms. The van der Waals surface area contributed by atoms with E-state index >= 15 is 0 Å². The van der Waals surface area contributed by atoms with Crippen molar-refractivity contribution in [1.82, 2.24) is 0 Å². The number of rotatable bonds is 10. The van der Waals surface area contributed by atoms with E-state index in [1.807, 2.05) is 0 Å². The lowest BCUT2D eigenvalue weighted by atomic mass is 9.44. The fourth-order valence-corrected chi connectivity index (χ4v) is 10.1. The topological polar surface area (TPSA) is 9.23 Å². The van der Waals surface area contributed by atoms with Crippen LogP contribution in [0.1, 0.15) is 94.6 Å². The first-order valence-corrected chi connectivity index (χ1v) is 17.8. The molecule has 0 radical (unpaired) electrons. The molecule has 0 aliphatic heterocycles. The van der Waals surface area contributed by atoms with E-state index in [-0.39, 0.29) is 23.9 Å². The molecule has 2 saturated carbocycles. The zero-order chi connectivity index (χ0) is 26.2. The smallest absolute Gasteiger partial charge is 0.392 e. The quantitative estimate of drug-likeness (QED) is 0.169. The predicted octanol–water partition coefficient (Wildman–Crippen LogP) is 9.84. The fourth-order valence-electron chi connectivity index (χ4n) is 8.75. The Balaban J connectivity index is 1.50. The van der Waals surface area contributed by atoms with Crippen molar-refractivity contribution in [2.24, 2.45) is 22.7 Å². The van der Waals surface area contributed by atoms with Crippen molar-refractivity contribution in [3.63, 3.8) is 0 Å². The normalized spacial score (nSPS) is 31.8. The number of unbranched alkanes of at least 4 members (excludes halogenated alkanes) is 2. The number of allylic oxidation sites excluding steroid dienone is 1. The molecule has 202 valence electrons. The van der Waals surface area contributed by atoms with E-state index in [9.17, 15) is 13.2 Å². The summed E-state index contributed by atoms with van der Waals surface area (Å²) < 4.78 is 50.6. The summed E-state index contributed by atoms with van der Waals surface area (Å²) in [6.45, 7) is 12.9. The summed E-state index contributed by atoms with van der Waals surface area (Å²) in [5.74, 6) is -0.785. The van der Waals surface area contributed by atoms with Crippen molar-refractivity contribution in [1.29, 1.82) is 0 Å². The molecule has 1 aromatic carbocycles. The van der Waals surface area contributed by atoms with Crippen molar-refractivity contribution < 1.29 is 17.6 Å². The molecule has 2 unspecified atom stereocenters. The van der Waals surface area contributed by atoms with E-state index < -0.39 is 25.8 Å². The third-order valence-corrected chi connectivity index (χ3v) is 11.0. The molecule has 1 nitrogen and oxygen atoms in total. The summed E-state index contributed by atoms with van der Waals surface area (Å²) in [7, 11) is -1.57. The van der Waals surface area contributed by atoms with Crippen LogP contribution in [0.25, 0.3) is 0 Å². The number of benzene rings is 1. The summed E-state index contributed by atoms with van der Waals surface area (Å²) in [6, 6.07) is 8.64. The second-order valence-corrected chi connectivity index (χ2v) is 17.5. The van der Waals surface area contributed by atoms with Crippen LogP contribution < -0.4 is 0 Å². The SMILES string of the molecule is C=C[C@@]12CCc3ccccc3[C@H]1CC[C@]1(C(CCCCCC(C)O[Si](C)(C)C)C(F)(F)F)CCC[C@H]12. The number of fused-ring (bicyclic) bond motifs is 5. The lowest BCUT2D eigenvalue weighted by Gasteiger charge is -2.59. The molecule has 6 atom stereocenters. The highest BCUT2D eigenvalue weighted by Gasteiger charge is 2.65. The monoisotopic (exact) mass is 520 g/mol. The van der Waals surface area contributed by atoms with Gasteiger partial charge in [0.2, 0.25) is 0 Å². The van der Waals surface area contributed by atoms with Gasteiger partial charge >= 0.3 is 6.18 Å². The number of hydrogen-bond donors (Lipinski definition) is 0. The maximum absolute atomic E-state index is 14.8. The molecule has 0 spiro atoms. The van der Waals surface area contributed by atoms with Crippen LogP contribution in [0.2, 0.25) is 19.6 Å². The third-order valence-electron chi connectivity index (χ3n) is 9.91. The van der Waals surface area contributed by atoms with Crippen molar-refractivity contribution in [2.75, 3.05) is 0 Å². The van der Waals surface area contributed by atoms with E-state index in [2.05, 4.69) is 63.5 Å². The maximum Gasteiger partial charge on any atom is 0.392 e. The van der Waals surface area contributed by atoms with Gasteiger partial charge in [-0.05, 0) is 112 Å². The van der Waals surface area contributed by atoms with Gasteiger partial charge in [0.15, 0.2) is 8.32 Å². The average Bonchev–Trinajstić information content (AvgIpc) is 3.24. The molecule has 36 heavy (non-hydrogen) atoms. The van der Waals surface area contributed by atoms with Crippen molar-refractivity contribution in [3.05, 3.63) is 48.0 Å². The van der Waals surface area contributed by atoms with Crippen molar-refractivity contribution in [3.8, 4) is 0 Å². The van der Waals surface area contributed by atoms with Gasteiger partial charge in [-0.15, -0.1) is 6.58 Å². The summed E-state index contributed by atoms with van der Waals surface area (Å²) in [5.41, 5.74) is 1.95. The molecule has 0 aromatic heterocycles. The Hall–Kier alpha value is -1.07. The van der Waals surface area contributed by atoms with Crippen LogP contribution in [0, 0.1) is 22.7 Å². The van der Waals surface area contributed by atoms with Gasteiger partial charge in [0.1, 0.15) is 0 Å². The average molecular weight is 521 g/mol. The molecule has 1 aromatic rings. The summed E-state index contributed by atoms with van der Waals surface area (Å²) >= 11 is 0. The minimum absolute atomic E-state index is 0.0893. The van der Waals surface area contributed by atoms with Crippen LogP contribution >= 0.6 is 0 Å². The summed E-state index contributed by atoms with van der Waals surface area (Å²) in [5, 5.41) is 0. The summed E-state index contributed by atoms with van der Waals surface area (Å²) in [4.78, 5) is 0. The van der Waals surface area contributed by atoms with Crippen molar-refractivity contribution in [2.45, 2.75) is 122 Å². The predicted molar refractivity (Wildman–Crippen MR) is 146 cm³/mol. The Bertz CT molecular complexity index is 906. The van der Waals surface area contributed by atoms with Gasteiger partial charge in [-0.1, -0.05) is 56.0 Å². The zero-order valence-electron chi connectivity index (χ0n) is 22.9. The largest absolute Gasteiger partial charge is 0.415 e. The lowest BCUT2D eigenvalue weighted by molar-refractivity contribution is -0.231. The van der Waals surface area contributed by atoms with Gasteiger partial charge in [-0.3, -0.25) is 0 Å². The molecule has 2 fully saturated rings. The number of aryl methyl sites for hydroxylation is 1. The van der Waals surface area contributed by atoms with Crippen LogP contribution in [0.15, 0.2) is 36.9 Å². The Labute approximate surface area is 218 Å². The zero-order valence-corrected chi connectivity index (χ0v) is 23.9. The van der Waals surface area contributed by atoms with Crippen LogP contribution in [0.5, 0.6) is 0 Å². The van der Waals surface area contributed by atoms with Gasteiger partial charge in [0, 0.05) is 6.10 Å². The molecule has 3 aliphatic rings. The highest BCUT2D eigenvalue weighted by molar-refractivity contribution is 6.69. The van der Waals surface area contributed by atoms with E-state index in [4.69, 9.17) is 4.43 Å². The highest BCUT2D eigenvalue weighted by Crippen LogP contribution is 2.71. The van der Waals surface area contributed by atoms with Gasteiger partial charge in [0.05, 0.1) is 5.92 Å². The minimum atomic E-state index is -4.14. The molecular weight excluding hydrogens is 473 g/mol. The fraction of sp³-hybridized carbons (Fsp3) is 0.742. The number of alkyl halides is 3. The van der Waals surface area contributed by atoms with Crippen LogP contribution in [0.4, 0.5) is 13.2 Å². The summed E-state index contributed by atoms with van der Waals surface area (Å²) in [6.07, 6.45) is 7.88. The second-order valence-electron chi connectivity index (χ2n) is 13.1. The first kappa shape index (κ1) is 27.9. The highest BCUT2D eigenvalue weighted by atomic mass is 28.4. The van der Waals surface area contributed by atoms with Crippen LogP contribution in [-0.4, -0.2) is 20.6 Å². The van der Waals surface area contributed by atoms with Gasteiger partial charge < -0.3 is 4.43 Å². The van der Waals surface area contributed by atoms with Gasteiger partial charge in [-0.25, -0.2) is 0 Å². The Morgan fingerprint density at radius 2 is 1.78 bits per heavy atom. The second kappa shape index (κ2) is 10.6. The molecule has 3 aliphatic carbocycles. The third kappa shape index (κ3) is 5.39. The molecule has 0 saturated heterocycles. The van der Waals surface area contributed by atoms with Crippen molar-refractivity contribution >= 4 is 8.32 Å².